The molecule has 2 rings (SSSR count). The van der Waals surface area contributed by atoms with Crippen molar-refractivity contribution in [2.75, 3.05) is 0 Å². The average Bonchev–Trinajstić information content (AvgIpc) is 2.75. The third kappa shape index (κ3) is 3.44. The average molecular weight is 310 g/mol. The van der Waals surface area contributed by atoms with E-state index < -0.39 is 14.9 Å². The molecule has 8 nitrogen and oxygen atoms in total. The van der Waals surface area contributed by atoms with Crippen molar-refractivity contribution in [1.82, 2.24) is 14.5 Å². The van der Waals surface area contributed by atoms with Crippen LogP contribution in [0.2, 0.25) is 0 Å². The SMILES string of the molecule is Cc1nn(C)cc1CNS(=O)(=O)c1ccc([N+](=O)[O-])cc1. The van der Waals surface area contributed by atoms with Gasteiger partial charge in [-0.2, -0.15) is 5.10 Å². The molecule has 0 spiro atoms. The minimum absolute atomic E-state index is 0.0188. The summed E-state index contributed by atoms with van der Waals surface area (Å²) in [6.07, 6.45) is 1.73. The Morgan fingerprint density at radius 2 is 1.95 bits per heavy atom. The van der Waals surface area contributed by atoms with Crippen molar-refractivity contribution in [3.05, 3.63) is 51.8 Å². The zero-order valence-electron chi connectivity index (χ0n) is 11.5. The number of sulfonamides is 1. The quantitative estimate of drug-likeness (QED) is 0.657. The summed E-state index contributed by atoms with van der Waals surface area (Å²) in [5.41, 5.74) is 1.35. The van der Waals surface area contributed by atoms with Gasteiger partial charge in [-0.05, 0) is 19.1 Å². The Hall–Kier alpha value is -2.26. The summed E-state index contributed by atoms with van der Waals surface area (Å²) in [5.74, 6) is 0. The monoisotopic (exact) mass is 310 g/mol. The van der Waals surface area contributed by atoms with Crippen molar-refractivity contribution < 1.29 is 13.3 Å². The lowest BCUT2D eigenvalue weighted by molar-refractivity contribution is -0.384. The third-order valence-electron chi connectivity index (χ3n) is 2.93. The maximum absolute atomic E-state index is 12.1. The number of non-ortho nitro benzene ring substituents is 1. The molecule has 1 N–H and O–H groups in total. The predicted molar refractivity (Wildman–Crippen MR) is 75.1 cm³/mol. The Kier molecular flexibility index (Phi) is 4.05. The van der Waals surface area contributed by atoms with Gasteiger partial charge in [0.1, 0.15) is 0 Å². The first-order valence-corrected chi connectivity index (χ1v) is 7.51. The van der Waals surface area contributed by atoms with E-state index in [9.17, 15) is 18.5 Å². The molecule has 0 fully saturated rings. The molecular weight excluding hydrogens is 296 g/mol. The number of aromatic nitrogens is 2. The highest BCUT2D eigenvalue weighted by Gasteiger charge is 2.16. The topological polar surface area (TPSA) is 107 Å². The van der Waals surface area contributed by atoms with E-state index in [1.54, 1.807) is 24.9 Å². The van der Waals surface area contributed by atoms with Gasteiger partial charge in [-0.15, -0.1) is 0 Å². The second-order valence-corrected chi connectivity index (χ2v) is 6.26. The van der Waals surface area contributed by atoms with Gasteiger partial charge in [-0.1, -0.05) is 0 Å². The standard InChI is InChI=1S/C12H14N4O4S/c1-9-10(8-15(2)14-9)7-13-21(19,20)12-5-3-11(4-6-12)16(17)18/h3-6,8,13H,7H2,1-2H3. The van der Waals surface area contributed by atoms with Crippen LogP contribution in [0.5, 0.6) is 0 Å². The second kappa shape index (κ2) is 5.62. The molecule has 112 valence electrons. The van der Waals surface area contributed by atoms with Gasteiger partial charge >= 0.3 is 0 Å². The second-order valence-electron chi connectivity index (χ2n) is 4.49. The van der Waals surface area contributed by atoms with Crippen LogP contribution in [-0.2, 0) is 23.6 Å². The highest BCUT2D eigenvalue weighted by Crippen LogP contribution is 2.16. The van der Waals surface area contributed by atoms with Crippen LogP contribution in [0, 0.1) is 17.0 Å². The Labute approximate surface area is 121 Å². The number of nitro groups is 1. The van der Waals surface area contributed by atoms with E-state index in [0.717, 1.165) is 23.4 Å². The van der Waals surface area contributed by atoms with Gasteiger partial charge in [-0.3, -0.25) is 14.8 Å². The van der Waals surface area contributed by atoms with Crippen molar-refractivity contribution in [2.45, 2.75) is 18.4 Å². The van der Waals surface area contributed by atoms with E-state index in [1.165, 1.54) is 12.1 Å². The normalized spacial score (nSPS) is 11.5. The summed E-state index contributed by atoms with van der Waals surface area (Å²) in [5, 5.41) is 14.7. The van der Waals surface area contributed by atoms with Gasteiger partial charge in [-0.25, -0.2) is 13.1 Å². The number of nitro benzene ring substituents is 1. The van der Waals surface area contributed by atoms with Crippen LogP contribution in [0.15, 0.2) is 35.4 Å². The minimum atomic E-state index is -3.72. The van der Waals surface area contributed by atoms with Crippen molar-refractivity contribution in [3.63, 3.8) is 0 Å². The minimum Gasteiger partial charge on any atom is -0.275 e. The number of nitrogens with zero attached hydrogens (tertiary/aromatic N) is 3. The summed E-state index contributed by atoms with van der Waals surface area (Å²) in [6, 6.07) is 4.72. The molecule has 0 saturated heterocycles. The van der Waals surface area contributed by atoms with Crippen LogP contribution < -0.4 is 4.72 Å². The molecule has 0 amide bonds. The summed E-state index contributed by atoms with van der Waals surface area (Å²) >= 11 is 0. The Morgan fingerprint density at radius 1 is 1.33 bits per heavy atom. The van der Waals surface area contributed by atoms with Gasteiger partial charge in [0.05, 0.1) is 15.5 Å². The number of aryl methyl sites for hydroxylation is 2. The molecule has 0 aliphatic carbocycles. The molecule has 2 aromatic rings. The first-order chi connectivity index (χ1) is 9.79. The number of rotatable bonds is 5. The molecule has 0 radical (unpaired) electrons. The largest absolute Gasteiger partial charge is 0.275 e. The first kappa shape index (κ1) is 15.1. The van der Waals surface area contributed by atoms with Crippen LogP contribution in [0.4, 0.5) is 5.69 Å². The molecule has 0 aliphatic heterocycles. The lowest BCUT2D eigenvalue weighted by Gasteiger charge is -2.05. The van der Waals surface area contributed by atoms with Crippen LogP contribution in [0.1, 0.15) is 11.3 Å². The fourth-order valence-corrected chi connectivity index (χ4v) is 2.83. The van der Waals surface area contributed by atoms with Crippen LogP contribution in [0.3, 0.4) is 0 Å². The Balaban J connectivity index is 2.14. The van der Waals surface area contributed by atoms with Gasteiger partial charge in [0.2, 0.25) is 10.0 Å². The van der Waals surface area contributed by atoms with Crippen molar-refractivity contribution in [1.29, 1.82) is 0 Å². The summed E-state index contributed by atoms with van der Waals surface area (Å²) in [6.45, 7) is 1.90. The van der Waals surface area contributed by atoms with Gasteiger partial charge < -0.3 is 0 Å². The van der Waals surface area contributed by atoms with Crippen LogP contribution in [0.25, 0.3) is 0 Å². The molecular formula is C12H14N4O4S. The number of hydrogen-bond donors (Lipinski definition) is 1. The lowest BCUT2D eigenvalue weighted by atomic mass is 10.3. The molecule has 9 heteroatoms. The molecule has 0 atom stereocenters. The molecule has 1 aromatic carbocycles. The summed E-state index contributed by atoms with van der Waals surface area (Å²) < 4.78 is 28.2. The third-order valence-corrected chi connectivity index (χ3v) is 4.34. The maximum atomic E-state index is 12.1. The fraction of sp³-hybridized carbons (Fsp3) is 0.250. The summed E-state index contributed by atoms with van der Waals surface area (Å²) in [4.78, 5) is 9.94. The van der Waals surface area contributed by atoms with Crippen molar-refractivity contribution in [2.24, 2.45) is 7.05 Å². The Bertz CT molecular complexity index is 765. The van der Waals surface area contributed by atoms with E-state index in [1.807, 2.05) is 0 Å². The number of hydrogen-bond acceptors (Lipinski definition) is 5. The van der Waals surface area contributed by atoms with E-state index in [0.29, 0.717) is 0 Å². The molecule has 0 aliphatic rings. The Morgan fingerprint density at radius 3 is 2.43 bits per heavy atom. The van der Waals surface area contributed by atoms with Crippen molar-refractivity contribution >= 4 is 15.7 Å². The molecule has 1 heterocycles. The van der Waals surface area contributed by atoms with Gasteiger partial charge in [0.15, 0.2) is 0 Å². The predicted octanol–water partition coefficient (Wildman–Crippen LogP) is 1.12. The zero-order chi connectivity index (χ0) is 15.6. The van der Waals surface area contributed by atoms with Gasteiger partial charge in [0, 0.05) is 37.5 Å². The van der Waals surface area contributed by atoms with Crippen LogP contribution in [-0.4, -0.2) is 23.1 Å². The first-order valence-electron chi connectivity index (χ1n) is 6.03. The molecule has 0 unspecified atom stereocenters. The zero-order valence-corrected chi connectivity index (χ0v) is 12.3. The molecule has 0 bridgehead atoms. The smallest absolute Gasteiger partial charge is 0.269 e. The highest BCUT2D eigenvalue weighted by atomic mass is 32.2. The molecule has 1 aromatic heterocycles. The maximum Gasteiger partial charge on any atom is 0.269 e. The molecule has 21 heavy (non-hydrogen) atoms. The number of nitrogens with one attached hydrogen (secondary N) is 1. The molecule has 0 saturated carbocycles. The highest BCUT2D eigenvalue weighted by molar-refractivity contribution is 7.89. The van der Waals surface area contributed by atoms with Gasteiger partial charge in [0.25, 0.3) is 5.69 Å². The van der Waals surface area contributed by atoms with E-state index >= 15 is 0 Å². The summed E-state index contributed by atoms with van der Waals surface area (Å²) in [7, 11) is -1.97. The van der Waals surface area contributed by atoms with E-state index in [2.05, 4.69) is 9.82 Å². The van der Waals surface area contributed by atoms with E-state index in [4.69, 9.17) is 0 Å². The van der Waals surface area contributed by atoms with Crippen molar-refractivity contribution in [3.8, 4) is 0 Å². The number of benzene rings is 1. The fourth-order valence-electron chi connectivity index (χ4n) is 1.83. The van der Waals surface area contributed by atoms with Crippen LogP contribution >= 0.6 is 0 Å². The van der Waals surface area contributed by atoms with E-state index in [-0.39, 0.29) is 17.1 Å². The lowest BCUT2D eigenvalue weighted by Crippen LogP contribution is -2.23.